The van der Waals surface area contributed by atoms with Crippen molar-refractivity contribution >= 4 is 11.9 Å². The number of aliphatic carboxylic acids is 1. The lowest BCUT2D eigenvalue weighted by molar-refractivity contribution is -0.139. The zero-order valence-electron chi connectivity index (χ0n) is 14.0. The molecule has 0 aliphatic carbocycles. The Hall–Kier alpha value is -2.55. The number of benzene rings is 1. The first kappa shape index (κ1) is 17.8. The number of carbonyl (C=O) groups excluding carboxylic acids is 1. The fourth-order valence-corrected chi connectivity index (χ4v) is 3.35. The molecule has 1 N–H and O–H groups in total. The van der Waals surface area contributed by atoms with Crippen LogP contribution in [0.3, 0.4) is 0 Å². The molecule has 1 unspecified atom stereocenters. The highest BCUT2D eigenvalue weighted by Gasteiger charge is 2.40. The smallest absolute Gasteiger partial charge is 0.341 e. The van der Waals surface area contributed by atoms with Gasteiger partial charge in [-0.3, -0.25) is 4.79 Å². The van der Waals surface area contributed by atoms with E-state index in [9.17, 15) is 9.59 Å². The van der Waals surface area contributed by atoms with Crippen molar-refractivity contribution in [3.63, 3.8) is 0 Å². The van der Waals surface area contributed by atoms with Crippen LogP contribution in [0, 0.1) is 16.7 Å². The number of ether oxygens (including phenoxy) is 1. The molecule has 128 valence electrons. The number of hydrogen-bond donors (Lipinski definition) is 1. The van der Waals surface area contributed by atoms with E-state index in [1.165, 1.54) is 0 Å². The van der Waals surface area contributed by atoms with Gasteiger partial charge in [-0.05, 0) is 36.0 Å². The fraction of sp³-hybridized carbons (Fsp3) is 0.500. The Labute approximate surface area is 141 Å². The molecule has 1 aliphatic heterocycles. The van der Waals surface area contributed by atoms with Crippen LogP contribution in [0.4, 0.5) is 0 Å². The van der Waals surface area contributed by atoms with Crippen LogP contribution < -0.4 is 4.74 Å². The fourth-order valence-electron chi connectivity index (χ4n) is 3.35. The maximum atomic E-state index is 12.3. The van der Waals surface area contributed by atoms with Crippen LogP contribution in [-0.4, -0.2) is 35.0 Å². The first-order valence-electron chi connectivity index (χ1n) is 7.96. The van der Waals surface area contributed by atoms with E-state index in [2.05, 4.69) is 13.8 Å². The summed E-state index contributed by atoms with van der Waals surface area (Å²) in [6, 6.07) is 8.98. The second kappa shape index (κ2) is 7.35. The van der Waals surface area contributed by atoms with Gasteiger partial charge in [0.25, 0.3) is 0 Å². The lowest BCUT2D eigenvalue weighted by Gasteiger charge is -2.46. The Morgan fingerprint density at radius 3 is 2.62 bits per heavy atom. The molecule has 2 rings (SSSR count). The standard InChI is InChI=1S/C18H22N2O4/c1-18(2)9-3-11-20(15(21)8-10-19)17(18)13-4-6-14(7-5-13)24-12-16(22)23/h4-7,17H,3,8-9,11-12H2,1-2H3,(H,22,23). The van der Waals surface area contributed by atoms with Crippen molar-refractivity contribution < 1.29 is 19.4 Å². The van der Waals surface area contributed by atoms with Crippen LogP contribution in [0.15, 0.2) is 24.3 Å². The van der Waals surface area contributed by atoms with Gasteiger partial charge >= 0.3 is 5.97 Å². The Morgan fingerprint density at radius 1 is 1.38 bits per heavy atom. The minimum Gasteiger partial charge on any atom is -0.482 e. The van der Waals surface area contributed by atoms with Gasteiger partial charge < -0.3 is 14.7 Å². The summed E-state index contributed by atoms with van der Waals surface area (Å²) in [6.45, 7) is 4.50. The number of carboxylic acid groups (broad SMARTS) is 1. The van der Waals surface area contributed by atoms with Gasteiger partial charge in [0.1, 0.15) is 12.2 Å². The van der Waals surface area contributed by atoms with Gasteiger partial charge in [-0.25, -0.2) is 4.79 Å². The molecular formula is C18H22N2O4. The van der Waals surface area contributed by atoms with Gasteiger partial charge in [0.15, 0.2) is 6.61 Å². The highest BCUT2D eigenvalue weighted by molar-refractivity contribution is 5.79. The molecule has 0 spiro atoms. The average Bonchev–Trinajstić information content (AvgIpc) is 2.52. The highest BCUT2D eigenvalue weighted by atomic mass is 16.5. The number of piperidine rings is 1. The molecule has 1 amide bonds. The first-order valence-corrected chi connectivity index (χ1v) is 7.96. The molecule has 1 fully saturated rings. The maximum absolute atomic E-state index is 12.3. The third-order valence-electron chi connectivity index (χ3n) is 4.38. The van der Waals surface area contributed by atoms with Crippen molar-refractivity contribution in [3.05, 3.63) is 29.8 Å². The number of nitriles is 1. The lowest BCUT2D eigenvalue weighted by atomic mass is 9.73. The predicted molar refractivity (Wildman–Crippen MR) is 87.3 cm³/mol. The summed E-state index contributed by atoms with van der Waals surface area (Å²) in [7, 11) is 0. The largest absolute Gasteiger partial charge is 0.482 e. The molecule has 24 heavy (non-hydrogen) atoms. The van der Waals surface area contributed by atoms with Crippen LogP contribution in [0.25, 0.3) is 0 Å². The number of carbonyl (C=O) groups is 2. The third kappa shape index (κ3) is 4.05. The van der Waals surface area contributed by atoms with Crippen LogP contribution in [0.1, 0.15) is 44.7 Å². The second-order valence-corrected chi connectivity index (χ2v) is 6.67. The van der Waals surface area contributed by atoms with Crippen LogP contribution in [-0.2, 0) is 9.59 Å². The number of likely N-dealkylation sites (tertiary alicyclic amines) is 1. The van der Waals surface area contributed by atoms with Crippen molar-refractivity contribution in [2.45, 2.75) is 39.2 Å². The number of carboxylic acids is 1. The summed E-state index contributed by atoms with van der Waals surface area (Å²) in [5, 5.41) is 17.5. The topological polar surface area (TPSA) is 90.6 Å². The highest BCUT2D eigenvalue weighted by Crippen LogP contribution is 2.45. The van der Waals surface area contributed by atoms with Crippen molar-refractivity contribution in [1.82, 2.24) is 4.90 Å². The minimum atomic E-state index is -1.03. The molecule has 6 heteroatoms. The second-order valence-electron chi connectivity index (χ2n) is 6.67. The average molecular weight is 330 g/mol. The Kier molecular flexibility index (Phi) is 5.45. The summed E-state index contributed by atoms with van der Waals surface area (Å²) in [4.78, 5) is 24.7. The predicted octanol–water partition coefficient (Wildman–Crippen LogP) is 2.75. The summed E-state index contributed by atoms with van der Waals surface area (Å²) in [6.07, 6.45) is 1.79. The number of rotatable bonds is 5. The molecule has 1 atom stereocenters. The van der Waals surface area contributed by atoms with E-state index in [0.29, 0.717) is 12.3 Å². The molecule has 0 aromatic heterocycles. The SMILES string of the molecule is CC1(C)CCCN(C(=O)CC#N)C1c1ccc(OCC(=O)O)cc1. The summed E-state index contributed by atoms with van der Waals surface area (Å²) in [5.74, 6) is -0.702. The van der Waals surface area contributed by atoms with Gasteiger partial charge in [0.2, 0.25) is 5.91 Å². The summed E-state index contributed by atoms with van der Waals surface area (Å²) < 4.78 is 5.15. The van der Waals surface area contributed by atoms with Crippen molar-refractivity contribution in [3.8, 4) is 11.8 Å². The van der Waals surface area contributed by atoms with Crippen LogP contribution in [0.5, 0.6) is 5.75 Å². The van der Waals surface area contributed by atoms with Gasteiger partial charge in [-0.1, -0.05) is 26.0 Å². The third-order valence-corrected chi connectivity index (χ3v) is 4.38. The zero-order valence-corrected chi connectivity index (χ0v) is 14.0. The lowest BCUT2D eigenvalue weighted by Crippen LogP contribution is -2.46. The van der Waals surface area contributed by atoms with Crippen molar-refractivity contribution in [2.24, 2.45) is 5.41 Å². The van der Waals surface area contributed by atoms with Crippen LogP contribution >= 0.6 is 0 Å². The molecule has 1 aromatic carbocycles. The maximum Gasteiger partial charge on any atom is 0.341 e. The number of hydrogen-bond acceptors (Lipinski definition) is 4. The molecule has 1 saturated heterocycles. The monoisotopic (exact) mass is 330 g/mol. The molecule has 0 bridgehead atoms. The Bertz CT molecular complexity index is 646. The van der Waals surface area contributed by atoms with Gasteiger partial charge in [0, 0.05) is 6.54 Å². The van der Waals surface area contributed by atoms with Crippen molar-refractivity contribution in [1.29, 1.82) is 5.26 Å². The van der Waals surface area contributed by atoms with E-state index in [1.807, 2.05) is 18.2 Å². The molecule has 1 aromatic rings. The van der Waals surface area contributed by atoms with E-state index in [4.69, 9.17) is 15.1 Å². The van der Waals surface area contributed by atoms with E-state index in [1.54, 1.807) is 17.0 Å². The van der Waals surface area contributed by atoms with E-state index >= 15 is 0 Å². The normalized spacial score (nSPS) is 19.4. The van der Waals surface area contributed by atoms with Gasteiger partial charge in [-0.15, -0.1) is 0 Å². The zero-order chi connectivity index (χ0) is 17.7. The van der Waals surface area contributed by atoms with Crippen molar-refractivity contribution in [2.75, 3.05) is 13.2 Å². The molecule has 1 aliphatic rings. The molecule has 1 heterocycles. The molecule has 6 nitrogen and oxygen atoms in total. The summed E-state index contributed by atoms with van der Waals surface area (Å²) in [5.41, 5.74) is 0.862. The summed E-state index contributed by atoms with van der Waals surface area (Å²) >= 11 is 0. The van der Waals surface area contributed by atoms with Gasteiger partial charge in [0.05, 0.1) is 12.1 Å². The van der Waals surface area contributed by atoms with E-state index in [-0.39, 0.29) is 30.4 Å². The van der Waals surface area contributed by atoms with Gasteiger partial charge in [-0.2, -0.15) is 5.26 Å². The minimum absolute atomic E-state index is 0.104. The quantitative estimate of drug-likeness (QED) is 0.896. The Morgan fingerprint density at radius 2 is 2.04 bits per heavy atom. The van der Waals surface area contributed by atoms with E-state index < -0.39 is 5.97 Å². The molecular weight excluding hydrogens is 308 g/mol. The molecule has 0 radical (unpaired) electrons. The molecule has 0 saturated carbocycles. The number of amides is 1. The van der Waals surface area contributed by atoms with E-state index in [0.717, 1.165) is 18.4 Å². The van der Waals surface area contributed by atoms with Crippen LogP contribution in [0.2, 0.25) is 0 Å². The first-order chi connectivity index (χ1) is 11.3. The Balaban J connectivity index is 2.25. The number of nitrogens with zero attached hydrogens (tertiary/aromatic N) is 2.